The number of fused-ring (bicyclic) bond motifs is 1. The number of hydrazone groups is 1. The van der Waals surface area contributed by atoms with E-state index in [1.807, 2.05) is 24.3 Å². The molecule has 3 aromatic carbocycles. The fourth-order valence-corrected chi connectivity index (χ4v) is 4.93. The molecular weight excluding hydrogens is 522 g/mol. The summed E-state index contributed by atoms with van der Waals surface area (Å²) < 4.78 is 12.7. The predicted molar refractivity (Wildman–Crippen MR) is 139 cm³/mol. The van der Waals surface area contributed by atoms with Crippen LogP contribution in [0.2, 0.25) is 0 Å². The molecular formula is C23H17N5O7S2. The summed E-state index contributed by atoms with van der Waals surface area (Å²) in [5.74, 6) is 0.0228. The summed E-state index contributed by atoms with van der Waals surface area (Å²) in [5.41, 5.74) is 2.90. The third kappa shape index (κ3) is 6.36. The molecule has 12 nitrogen and oxygen atoms in total. The van der Waals surface area contributed by atoms with Gasteiger partial charge in [0.15, 0.2) is 15.8 Å². The number of nitro benzene ring substituents is 2. The summed E-state index contributed by atoms with van der Waals surface area (Å²) in [6.07, 6.45) is 1.40. The number of thiazole rings is 1. The van der Waals surface area contributed by atoms with Gasteiger partial charge >= 0.3 is 5.69 Å². The number of nitro groups is 2. The zero-order valence-corrected chi connectivity index (χ0v) is 20.7. The molecule has 0 atom stereocenters. The van der Waals surface area contributed by atoms with Gasteiger partial charge < -0.3 is 9.47 Å². The van der Waals surface area contributed by atoms with E-state index in [2.05, 4.69) is 15.5 Å². The van der Waals surface area contributed by atoms with Gasteiger partial charge in [0, 0.05) is 6.07 Å². The highest BCUT2D eigenvalue weighted by atomic mass is 32.2. The van der Waals surface area contributed by atoms with Crippen LogP contribution in [0.15, 0.2) is 70.1 Å². The fraction of sp³-hybridized carbons (Fsp3) is 0.0870. The van der Waals surface area contributed by atoms with Crippen LogP contribution < -0.4 is 14.9 Å². The average molecular weight is 540 g/mol. The molecule has 0 bridgehead atoms. The number of benzene rings is 3. The lowest BCUT2D eigenvalue weighted by molar-refractivity contribution is -0.394. The van der Waals surface area contributed by atoms with Gasteiger partial charge in [0.25, 0.3) is 11.6 Å². The normalized spacial score (nSPS) is 10.9. The van der Waals surface area contributed by atoms with Gasteiger partial charge in [-0.1, -0.05) is 23.9 Å². The van der Waals surface area contributed by atoms with E-state index in [0.717, 1.165) is 32.8 Å². The number of ether oxygens (including phenoxy) is 2. The summed E-state index contributed by atoms with van der Waals surface area (Å²) >= 11 is 2.83. The van der Waals surface area contributed by atoms with Crippen molar-refractivity contribution >= 4 is 56.8 Å². The minimum absolute atomic E-state index is 0.140. The number of nitrogens with one attached hydrogen (secondary N) is 1. The summed E-state index contributed by atoms with van der Waals surface area (Å²) in [5, 5.41) is 26.2. The van der Waals surface area contributed by atoms with Crippen molar-refractivity contribution in [2.24, 2.45) is 5.10 Å². The molecule has 0 aliphatic rings. The third-order valence-corrected chi connectivity index (χ3v) is 6.94. The maximum atomic E-state index is 12.1. The molecule has 0 unspecified atom stereocenters. The Kier molecular flexibility index (Phi) is 7.90. The van der Waals surface area contributed by atoms with Gasteiger partial charge in [0.2, 0.25) is 5.75 Å². The molecule has 4 rings (SSSR count). The van der Waals surface area contributed by atoms with Crippen LogP contribution in [0.3, 0.4) is 0 Å². The lowest BCUT2D eigenvalue weighted by atomic mass is 10.2. The maximum Gasteiger partial charge on any atom is 0.318 e. The van der Waals surface area contributed by atoms with E-state index in [1.165, 1.54) is 42.5 Å². The molecule has 4 aromatic rings. The molecule has 1 amide bonds. The van der Waals surface area contributed by atoms with Crippen molar-refractivity contribution in [2.75, 3.05) is 12.9 Å². The van der Waals surface area contributed by atoms with Crippen molar-refractivity contribution in [1.82, 2.24) is 10.4 Å². The fourth-order valence-electron chi connectivity index (χ4n) is 3.07. The first-order chi connectivity index (χ1) is 17.8. The number of methoxy groups -OCH3 is 1. The highest BCUT2D eigenvalue weighted by Gasteiger charge is 2.22. The minimum atomic E-state index is -0.770. The number of hydrogen-bond donors (Lipinski definition) is 1. The van der Waals surface area contributed by atoms with Crippen LogP contribution in [0.1, 0.15) is 5.56 Å². The molecule has 1 N–H and O–H groups in total. The second-order valence-corrected chi connectivity index (χ2v) is 9.46. The Labute approximate surface area is 217 Å². The SMILES string of the molecule is COc1cc(/C=N\NC(=O)CSc2nc3ccccc3s2)ccc1Oc1ccc([N+](=O)[O-])cc1[N+](=O)[O-]. The summed E-state index contributed by atoms with van der Waals surface area (Å²) in [6.45, 7) is 0. The molecule has 0 saturated heterocycles. The van der Waals surface area contributed by atoms with Crippen molar-refractivity contribution in [3.8, 4) is 17.2 Å². The molecule has 0 radical (unpaired) electrons. The number of aromatic nitrogens is 1. The van der Waals surface area contributed by atoms with Crippen molar-refractivity contribution in [2.45, 2.75) is 4.34 Å². The lowest BCUT2D eigenvalue weighted by Crippen LogP contribution is -2.19. The number of carbonyl (C=O) groups is 1. The Bertz CT molecular complexity index is 1490. The zero-order valence-electron chi connectivity index (χ0n) is 19.0. The largest absolute Gasteiger partial charge is 0.493 e. The number of amides is 1. The van der Waals surface area contributed by atoms with E-state index in [4.69, 9.17) is 9.47 Å². The Hall–Kier alpha value is -4.56. The summed E-state index contributed by atoms with van der Waals surface area (Å²) in [7, 11) is 1.38. The molecule has 0 aliphatic carbocycles. The van der Waals surface area contributed by atoms with Crippen molar-refractivity contribution < 1.29 is 24.1 Å². The van der Waals surface area contributed by atoms with Gasteiger partial charge in [-0.2, -0.15) is 5.10 Å². The van der Waals surface area contributed by atoms with Gasteiger partial charge in [-0.15, -0.1) is 11.3 Å². The molecule has 0 aliphatic heterocycles. The molecule has 1 aromatic heterocycles. The van der Waals surface area contributed by atoms with E-state index >= 15 is 0 Å². The quantitative estimate of drug-likeness (QED) is 0.124. The van der Waals surface area contributed by atoms with Crippen LogP contribution >= 0.6 is 23.1 Å². The van der Waals surface area contributed by atoms with Crippen LogP contribution in [-0.4, -0.2) is 39.8 Å². The zero-order chi connectivity index (χ0) is 26.4. The number of nitrogens with zero attached hydrogens (tertiary/aromatic N) is 4. The van der Waals surface area contributed by atoms with Crippen molar-refractivity contribution in [3.05, 3.63) is 86.5 Å². The monoisotopic (exact) mass is 539 g/mol. The number of hydrogen-bond acceptors (Lipinski definition) is 11. The molecule has 188 valence electrons. The molecule has 14 heteroatoms. The van der Waals surface area contributed by atoms with Gasteiger partial charge in [0.1, 0.15) is 0 Å². The maximum absolute atomic E-state index is 12.1. The van der Waals surface area contributed by atoms with Crippen LogP contribution in [0.5, 0.6) is 17.2 Å². The highest BCUT2D eigenvalue weighted by Crippen LogP contribution is 2.38. The first-order valence-corrected chi connectivity index (χ1v) is 12.2. The Morgan fingerprint density at radius 2 is 1.86 bits per heavy atom. The Morgan fingerprint density at radius 1 is 1.08 bits per heavy atom. The van der Waals surface area contributed by atoms with Crippen LogP contribution in [-0.2, 0) is 4.79 Å². The van der Waals surface area contributed by atoms with Crippen molar-refractivity contribution in [1.29, 1.82) is 0 Å². The van der Waals surface area contributed by atoms with Gasteiger partial charge in [-0.05, 0) is 42.0 Å². The van der Waals surface area contributed by atoms with Crippen molar-refractivity contribution in [3.63, 3.8) is 0 Å². The van der Waals surface area contributed by atoms with E-state index in [1.54, 1.807) is 12.1 Å². The summed E-state index contributed by atoms with van der Waals surface area (Å²) in [6, 6.07) is 15.4. The van der Waals surface area contributed by atoms with Crippen LogP contribution in [0, 0.1) is 20.2 Å². The third-order valence-electron chi connectivity index (χ3n) is 4.76. The molecule has 0 saturated carbocycles. The Balaban J connectivity index is 1.38. The highest BCUT2D eigenvalue weighted by molar-refractivity contribution is 8.01. The predicted octanol–water partition coefficient (Wildman–Crippen LogP) is 5.16. The molecule has 0 fully saturated rings. The van der Waals surface area contributed by atoms with Crippen LogP contribution in [0.25, 0.3) is 10.2 Å². The van der Waals surface area contributed by atoms with E-state index < -0.39 is 21.2 Å². The number of thioether (sulfide) groups is 1. The number of para-hydroxylation sites is 1. The van der Waals surface area contributed by atoms with Crippen LogP contribution in [0.4, 0.5) is 11.4 Å². The van der Waals surface area contributed by atoms with E-state index in [-0.39, 0.29) is 28.9 Å². The lowest BCUT2D eigenvalue weighted by Gasteiger charge is -2.11. The first-order valence-electron chi connectivity index (χ1n) is 10.4. The standard InChI is InChI=1S/C23H17N5O7S2/c1-34-20-10-14(6-8-19(20)35-18-9-7-15(27(30)31)11-17(18)28(32)33)12-24-26-22(29)13-36-23-25-16-4-2-3-5-21(16)37-23/h2-12H,13H2,1H3,(H,26,29)/b24-12-. The van der Waals surface area contributed by atoms with Gasteiger partial charge in [-0.25, -0.2) is 10.4 Å². The first kappa shape index (κ1) is 25.5. The topological polar surface area (TPSA) is 159 Å². The Morgan fingerprint density at radius 3 is 2.59 bits per heavy atom. The molecule has 37 heavy (non-hydrogen) atoms. The number of non-ortho nitro benzene ring substituents is 1. The molecule has 0 spiro atoms. The minimum Gasteiger partial charge on any atom is -0.493 e. The van der Waals surface area contributed by atoms with Gasteiger partial charge in [-0.3, -0.25) is 25.0 Å². The average Bonchev–Trinajstić information content (AvgIpc) is 3.31. The molecule has 1 heterocycles. The summed E-state index contributed by atoms with van der Waals surface area (Å²) in [4.78, 5) is 37.4. The smallest absolute Gasteiger partial charge is 0.318 e. The second kappa shape index (κ2) is 11.5. The number of carbonyl (C=O) groups excluding carboxylic acids is 1. The number of rotatable bonds is 10. The van der Waals surface area contributed by atoms with E-state index in [0.29, 0.717) is 5.56 Å². The second-order valence-electron chi connectivity index (χ2n) is 7.21. The van der Waals surface area contributed by atoms with E-state index in [9.17, 15) is 25.0 Å². The van der Waals surface area contributed by atoms with Gasteiger partial charge in [0.05, 0.1) is 45.2 Å².